The highest BCUT2D eigenvalue weighted by Crippen LogP contribution is 2.24. The maximum absolute atomic E-state index is 7.43. The van der Waals surface area contributed by atoms with E-state index in [1.165, 1.54) is 0 Å². The van der Waals surface area contributed by atoms with Crippen LogP contribution >= 0.6 is 0 Å². The monoisotopic (exact) mass is 250 g/mol. The molecule has 0 bridgehead atoms. The Kier molecular flexibility index (Phi) is 5.65. The number of rotatable bonds is 7. The van der Waals surface area contributed by atoms with Crippen molar-refractivity contribution in [1.29, 1.82) is 5.41 Å². The first-order valence-electron chi connectivity index (χ1n) is 6.22. The molecule has 1 aromatic carbocycles. The van der Waals surface area contributed by atoms with Crippen LogP contribution in [-0.2, 0) is 4.74 Å². The van der Waals surface area contributed by atoms with Crippen molar-refractivity contribution < 1.29 is 9.47 Å². The van der Waals surface area contributed by atoms with Gasteiger partial charge in [-0.1, -0.05) is 0 Å². The highest BCUT2D eigenvalue weighted by atomic mass is 16.5. The molecule has 4 heteroatoms. The summed E-state index contributed by atoms with van der Waals surface area (Å²) in [5.74, 6) is 0.973. The molecule has 0 fully saturated rings. The van der Waals surface area contributed by atoms with Crippen LogP contribution in [0.5, 0.6) is 5.75 Å². The second kappa shape index (κ2) is 7.01. The summed E-state index contributed by atoms with van der Waals surface area (Å²) in [6.07, 6.45) is 0.876. The van der Waals surface area contributed by atoms with Crippen LogP contribution in [0.25, 0.3) is 0 Å². The van der Waals surface area contributed by atoms with E-state index in [9.17, 15) is 0 Å². The Morgan fingerprint density at radius 2 is 1.83 bits per heavy atom. The Labute approximate surface area is 109 Å². The van der Waals surface area contributed by atoms with Gasteiger partial charge in [-0.3, -0.25) is 5.41 Å². The molecular weight excluding hydrogens is 228 g/mol. The summed E-state index contributed by atoms with van der Waals surface area (Å²) in [5, 5.41) is 7.43. The van der Waals surface area contributed by atoms with Gasteiger partial charge in [0.1, 0.15) is 11.6 Å². The first kappa shape index (κ1) is 14.5. The number of ether oxygens (including phenoxy) is 2. The molecule has 0 amide bonds. The molecule has 100 valence electrons. The number of benzene rings is 1. The SMILES string of the molecule is CCOCCCOc1c(C)cc(C(=N)N)cc1C. The minimum atomic E-state index is 0.0871. The number of aryl methyl sites for hydroxylation is 2. The maximum Gasteiger partial charge on any atom is 0.125 e. The molecule has 0 aliphatic rings. The molecule has 0 aliphatic heterocycles. The van der Waals surface area contributed by atoms with Crippen molar-refractivity contribution in [3.05, 3.63) is 28.8 Å². The van der Waals surface area contributed by atoms with E-state index in [2.05, 4.69) is 0 Å². The molecule has 4 nitrogen and oxygen atoms in total. The number of nitrogen functional groups attached to an aromatic ring is 1. The van der Waals surface area contributed by atoms with Crippen LogP contribution in [-0.4, -0.2) is 25.7 Å². The Balaban J connectivity index is 2.63. The first-order valence-corrected chi connectivity index (χ1v) is 6.22. The molecule has 0 aromatic heterocycles. The number of nitrogens with two attached hydrogens (primary N) is 1. The van der Waals surface area contributed by atoms with Gasteiger partial charge in [-0.05, 0) is 44.0 Å². The van der Waals surface area contributed by atoms with Gasteiger partial charge in [0.2, 0.25) is 0 Å². The Hall–Kier alpha value is -1.55. The Bertz CT molecular complexity index is 393. The third kappa shape index (κ3) is 4.04. The second-order valence-electron chi connectivity index (χ2n) is 4.25. The lowest BCUT2D eigenvalue weighted by molar-refractivity contribution is 0.130. The van der Waals surface area contributed by atoms with Crippen LogP contribution in [0.15, 0.2) is 12.1 Å². The van der Waals surface area contributed by atoms with E-state index in [0.29, 0.717) is 6.61 Å². The normalized spacial score (nSPS) is 10.4. The van der Waals surface area contributed by atoms with Gasteiger partial charge < -0.3 is 15.2 Å². The van der Waals surface area contributed by atoms with Crippen molar-refractivity contribution in [2.24, 2.45) is 5.73 Å². The summed E-state index contributed by atoms with van der Waals surface area (Å²) in [6.45, 7) is 8.02. The lowest BCUT2D eigenvalue weighted by Gasteiger charge is -2.13. The summed E-state index contributed by atoms with van der Waals surface area (Å²) in [5.41, 5.74) is 8.25. The predicted molar refractivity (Wildman–Crippen MR) is 73.5 cm³/mol. The van der Waals surface area contributed by atoms with Crippen molar-refractivity contribution in [3.8, 4) is 5.75 Å². The zero-order valence-corrected chi connectivity index (χ0v) is 11.4. The minimum Gasteiger partial charge on any atom is -0.493 e. The molecule has 0 atom stereocenters. The average Bonchev–Trinajstić information content (AvgIpc) is 2.31. The van der Waals surface area contributed by atoms with Crippen molar-refractivity contribution in [3.63, 3.8) is 0 Å². The third-order valence-electron chi connectivity index (χ3n) is 2.65. The van der Waals surface area contributed by atoms with Crippen molar-refractivity contribution >= 4 is 5.84 Å². The van der Waals surface area contributed by atoms with Crippen LogP contribution in [0.3, 0.4) is 0 Å². The van der Waals surface area contributed by atoms with Crippen molar-refractivity contribution in [2.75, 3.05) is 19.8 Å². The van der Waals surface area contributed by atoms with E-state index in [1.54, 1.807) is 0 Å². The van der Waals surface area contributed by atoms with Crippen molar-refractivity contribution in [2.45, 2.75) is 27.2 Å². The Morgan fingerprint density at radius 3 is 2.33 bits per heavy atom. The number of amidine groups is 1. The quantitative estimate of drug-likeness (QED) is 0.443. The standard InChI is InChI=1S/C14H22N2O2/c1-4-17-6-5-7-18-13-10(2)8-12(14(15)16)9-11(13)3/h8-9H,4-7H2,1-3H3,(H3,15,16). The van der Waals surface area contributed by atoms with Gasteiger partial charge in [0.05, 0.1) is 6.61 Å². The maximum atomic E-state index is 7.43. The van der Waals surface area contributed by atoms with E-state index in [1.807, 2.05) is 32.9 Å². The van der Waals surface area contributed by atoms with Gasteiger partial charge in [-0.15, -0.1) is 0 Å². The van der Waals surface area contributed by atoms with E-state index < -0.39 is 0 Å². The molecule has 0 radical (unpaired) electrons. The summed E-state index contributed by atoms with van der Waals surface area (Å²) in [7, 11) is 0. The fourth-order valence-corrected chi connectivity index (χ4v) is 1.81. The van der Waals surface area contributed by atoms with Crippen molar-refractivity contribution in [1.82, 2.24) is 0 Å². The Morgan fingerprint density at radius 1 is 1.22 bits per heavy atom. The first-order chi connectivity index (χ1) is 8.56. The summed E-state index contributed by atoms with van der Waals surface area (Å²) in [4.78, 5) is 0. The molecule has 0 aliphatic carbocycles. The lowest BCUT2D eigenvalue weighted by Crippen LogP contribution is -2.12. The van der Waals surface area contributed by atoms with Gasteiger partial charge in [-0.2, -0.15) is 0 Å². The smallest absolute Gasteiger partial charge is 0.125 e. The van der Waals surface area contributed by atoms with Crippen LogP contribution in [0.1, 0.15) is 30.0 Å². The highest BCUT2D eigenvalue weighted by Gasteiger charge is 2.07. The second-order valence-corrected chi connectivity index (χ2v) is 4.25. The molecule has 0 spiro atoms. The molecule has 0 saturated heterocycles. The van der Waals surface area contributed by atoms with E-state index in [-0.39, 0.29) is 5.84 Å². The molecule has 18 heavy (non-hydrogen) atoms. The molecular formula is C14H22N2O2. The van der Waals surface area contributed by atoms with Gasteiger partial charge in [-0.25, -0.2) is 0 Å². The molecule has 0 unspecified atom stereocenters. The zero-order chi connectivity index (χ0) is 13.5. The summed E-state index contributed by atoms with van der Waals surface area (Å²) >= 11 is 0. The van der Waals surface area contributed by atoms with Crippen LogP contribution < -0.4 is 10.5 Å². The fraction of sp³-hybridized carbons (Fsp3) is 0.500. The molecule has 1 rings (SSSR count). The lowest BCUT2D eigenvalue weighted by atomic mass is 10.1. The predicted octanol–water partition coefficient (Wildman–Crippen LogP) is 2.39. The van der Waals surface area contributed by atoms with Gasteiger partial charge in [0, 0.05) is 25.2 Å². The summed E-state index contributed by atoms with van der Waals surface area (Å²) < 4.78 is 11.0. The largest absolute Gasteiger partial charge is 0.493 e. The molecule has 3 N–H and O–H groups in total. The van der Waals surface area contributed by atoms with Gasteiger partial charge >= 0.3 is 0 Å². The van der Waals surface area contributed by atoms with E-state index >= 15 is 0 Å². The van der Waals surface area contributed by atoms with Gasteiger partial charge in [0.25, 0.3) is 0 Å². The minimum absolute atomic E-state index is 0.0871. The third-order valence-corrected chi connectivity index (χ3v) is 2.65. The van der Waals surface area contributed by atoms with Gasteiger partial charge in [0.15, 0.2) is 0 Å². The topological polar surface area (TPSA) is 68.3 Å². The molecule has 0 saturated carbocycles. The molecule has 1 aromatic rings. The number of hydrogen-bond acceptors (Lipinski definition) is 3. The molecule has 0 heterocycles. The summed E-state index contributed by atoms with van der Waals surface area (Å²) in [6, 6.07) is 3.76. The number of nitrogens with one attached hydrogen (secondary N) is 1. The van der Waals surface area contributed by atoms with E-state index in [0.717, 1.165) is 42.1 Å². The highest BCUT2D eigenvalue weighted by molar-refractivity contribution is 5.95. The van der Waals surface area contributed by atoms with Crippen LogP contribution in [0.4, 0.5) is 0 Å². The fourth-order valence-electron chi connectivity index (χ4n) is 1.81. The average molecular weight is 250 g/mol. The van der Waals surface area contributed by atoms with Crippen LogP contribution in [0.2, 0.25) is 0 Å². The van der Waals surface area contributed by atoms with Crippen LogP contribution in [0, 0.1) is 19.3 Å². The number of hydrogen-bond donors (Lipinski definition) is 2. The van der Waals surface area contributed by atoms with E-state index in [4.69, 9.17) is 20.6 Å². The zero-order valence-electron chi connectivity index (χ0n) is 11.4.